The van der Waals surface area contributed by atoms with Gasteiger partial charge in [-0.05, 0) is 75.6 Å². The molecule has 1 aliphatic carbocycles. The highest BCUT2D eigenvalue weighted by atomic mass is 79.9. The summed E-state index contributed by atoms with van der Waals surface area (Å²) in [6, 6.07) is 6.66. The number of hydrogen-bond donors (Lipinski definition) is 1. The highest BCUT2D eigenvalue weighted by Crippen LogP contribution is 2.32. The van der Waals surface area contributed by atoms with Gasteiger partial charge < -0.3 is 10.1 Å². The molecule has 1 aromatic carbocycles. The van der Waals surface area contributed by atoms with Crippen molar-refractivity contribution in [2.45, 2.75) is 38.6 Å². The average molecular weight is 391 g/mol. The summed E-state index contributed by atoms with van der Waals surface area (Å²) < 4.78 is 7.81. The first kappa shape index (κ1) is 15.3. The van der Waals surface area contributed by atoms with Crippen LogP contribution in [-0.4, -0.2) is 19.2 Å². The van der Waals surface area contributed by atoms with E-state index in [9.17, 15) is 0 Å². The third-order valence-electron chi connectivity index (χ3n) is 3.72. The van der Waals surface area contributed by atoms with Crippen LogP contribution in [0.1, 0.15) is 32.6 Å². The molecule has 0 amide bonds. The first-order valence-electron chi connectivity index (χ1n) is 6.97. The van der Waals surface area contributed by atoms with Gasteiger partial charge in [-0.3, -0.25) is 0 Å². The third-order valence-corrected chi connectivity index (χ3v) is 4.97. The van der Waals surface area contributed by atoms with Crippen molar-refractivity contribution in [1.29, 1.82) is 0 Å². The summed E-state index contributed by atoms with van der Waals surface area (Å²) in [4.78, 5) is 0. The fourth-order valence-electron chi connectivity index (χ4n) is 2.50. The molecule has 4 heteroatoms. The van der Waals surface area contributed by atoms with Crippen LogP contribution >= 0.6 is 31.9 Å². The van der Waals surface area contributed by atoms with E-state index >= 15 is 0 Å². The summed E-state index contributed by atoms with van der Waals surface area (Å²) >= 11 is 7.01. The molecule has 0 saturated heterocycles. The first-order valence-corrected chi connectivity index (χ1v) is 8.55. The van der Waals surface area contributed by atoms with Gasteiger partial charge in [-0.25, -0.2) is 0 Å². The Hall–Kier alpha value is -0.0600. The minimum absolute atomic E-state index is 0.683. The second-order valence-electron chi connectivity index (χ2n) is 5.31. The highest BCUT2D eigenvalue weighted by Gasteiger charge is 2.17. The van der Waals surface area contributed by atoms with Gasteiger partial charge in [-0.15, -0.1) is 0 Å². The lowest BCUT2D eigenvalue weighted by Crippen LogP contribution is -2.35. The zero-order chi connectivity index (χ0) is 13.7. The molecule has 1 fully saturated rings. The van der Waals surface area contributed by atoms with Gasteiger partial charge in [0.15, 0.2) is 0 Å². The average Bonchev–Trinajstić information content (AvgIpc) is 2.39. The second-order valence-corrected chi connectivity index (χ2v) is 7.02. The Morgan fingerprint density at radius 1 is 1.16 bits per heavy atom. The Bertz CT molecular complexity index is 383. The number of benzene rings is 1. The van der Waals surface area contributed by atoms with E-state index in [-0.39, 0.29) is 0 Å². The van der Waals surface area contributed by atoms with E-state index < -0.39 is 0 Å². The number of hydrogen-bond acceptors (Lipinski definition) is 2. The Kier molecular flexibility index (Phi) is 6.17. The molecule has 1 saturated carbocycles. The fourth-order valence-corrected chi connectivity index (χ4v) is 3.73. The molecule has 0 bridgehead atoms. The molecular formula is C15H21Br2NO. The molecule has 106 valence electrons. The van der Waals surface area contributed by atoms with E-state index in [2.05, 4.69) is 44.1 Å². The molecule has 2 rings (SSSR count). The summed E-state index contributed by atoms with van der Waals surface area (Å²) in [6.45, 7) is 3.96. The number of rotatable bonds is 5. The molecule has 2 nitrogen and oxygen atoms in total. The molecule has 0 spiro atoms. The number of ether oxygens (including phenoxy) is 1. The fraction of sp³-hybridized carbons (Fsp3) is 0.600. The van der Waals surface area contributed by atoms with Crippen molar-refractivity contribution in [3.05, 3.63) is 27.1 Å². The summed E-state index contributed by atoms with van der Waals surface area (Å²) in [5.41, 5.74) is 0. The van der Waals surface area contributed by atoms with E-state index in [4.69, 9.17) is 4.74 Å². The summed E-state index contributed by atoms with van der Waals surface area (Å²) in [5, 5.41) is 3.60. The van der Waals surface area contributed by atoms with Gasteiger partial charge in [-0.1, -0.05) is 13.0 Å². The van der Waals surface area contributed by atoms with Gasteiger partial charge in [0.05, 0.1) is 8.95 Å². The van der Waals surface area contributed by atoms with Crippen molar-refractivity contribution in [2.24, 2.45) is 5.92 Å². The third kappa shape index (κ3) is 4.76. The molecule has 1 aromatic rings. The molecule has 0 radical (unpaired) electrons. The minimum Gasteiger partial charge on any atom is -0.490 e. The molecule has 0 unspecified atom stereocenters. The number of nitrogens with one attached hydrogen (secondary N) is 1. The van der Waals surface area contributed by atoms with E-state index in [0.717, 1.165) is 27.2 Å². The van der Waals surface area contributed by atoms with Crippen molar-refractivity contribution in [3.63, 3.8) is 0 Å². The maximum Gasteiger partial charge on any atom is 0.147 e. The van der Waals surface area contributed by atoms with Crippen LogP contribution in [0.4, 0.5) is 0 Å². The van der Waals surface area contributed by atoms with Crippen molar-refractivity contribution >= 4 is 31.9 Å². The van der Waals surface area contributed by atoms with Crippen LogP contribution in [0.5, 0.6) is 5.75 Å². The van der Waals surface area contributed by atoms with Crippen molar-refractivity contribution in [2.75, 3.05) is 13.2 Å². The van der Waals surface area contributed by atoms with Crippen LogP contribution in [-0.2, 0) is 0 Å². The molecule has 1 aliphatic rings. The van der Waals surface area contributed by atoms with Gasteiger partial charge in [0.2, 0.25) is 0 Å². The molecular weight excluding hydrogens is 370 g/mol. The summed E-state index contributed by atoms with van der Waals surface area (Å²) in [6.07, 6.45) is 5.32. The lowest BCUT2D eigenvalue weighted by molar-refractivity contribution is 0.269. The molecule has 0 atom stereocenters. The van der Waals surface area contributed by atoms with Crippen LogP contribution < -0.4 is 10.1 Å². The molecule has 0 aliphatic heterocycles. The van der Waals surface area contributed by atoms with Gasteiger partial charge in [0, 0.05) is 12.6 Å². The van der Waals surface area contributed by atoms with Crippen LogP contribution in [0.3, 0.4) is 0 Å². The van der Waals surface area contributed by atoms with Crippen LogP contribution in [0, 0.1) is 5.92 Å². The summed E-state index contributed by atoms with van der Waals surface area (Å²) in [7, 11) is 0. The Morgan fingerprint density at radius 2 is 1.79 bits per heavy atom. The quantitative estimate of drug-likeness (QED) is 0.731. The molecule has 1 N–H and O–H groups in total. The van der Waals surface area contributed by atoms with E-state index in [1.165, 1.54) is 25.7 Å². The lowest BCUT2D eigenvalue weighted by atomic mass is 9.87. The van der Waals surface area contributed by atoms with E-state index in [1.807, 2.05) is 18.2 Å². The lowest BCUT2D eigenvalue weighted by Gasteiger charge is -2.27. The molecule has 0 heterocycles. The Morgan fingerprint density at radius 3 is 2.42 bits per heavy atom. The zero-order valence-electron chi connectivity index (χ0n) is 11.3. The number of halogens is 2. The monoisotopic (exact) mass is 389 g/mol. The van der Waals surface area contributed by atoms with Crippen LogP contribution in [0.25, 0.3) is 0 Å². The second kappa shape index (κ2) is 7.65. The van der Waals surface area contributed by atoms with Gasteiger partial charge in [-0.2, -0.15) is 0 Å². The molecule has 0 aromatic heterocycles. The van der Waals surface area contributed by atoms with E-state index in [0.29, 0.717) is 12.6 Å². The SMILES string of the molecule is CC1CCC(NCCOc2c(Br)cccc2Br)CC1. The first-order chi connectivity index (χ1) is 9.16. The standard InChI is InChI=1S/C15H21Br2NO/c1-11-5-7-12(8-6-11)18-9-10-19-15-13(16)3-2-4-14(15)17/h2-4,11-12,18H,5-10H2,1H3. The Labute approximate surface area is 132 Å². The topological polar surface area (TPSA) is 21.3 Å². The maximum atomic E-state index is 5.82. The summed E-state index contributed by atoms with van der Waals surface area (Å²) in [5.74, 6) is 1.80. The smallest absolute Gasteiger partial charge is 0.147 e. The van der Waals surface area contributed by atoms with E-state index in [1.54, 1.807) is 0 Å². The van der Waals surface area contributed by atoms with Gasteiger partial charge >= 0.3 is 0 Å². The predicted molar refractivity (Wildman–Crippen MR) is 86.8 cm³/mol. The van der Waals surface area contributed by atoms with Crippen LogP contribution in [0.15, 0.2) is 27.1 Å². The van der Waals surface area contributed by atoms with Crippen LogP contribution in [0.2, 0.25) is 0 Å². The normalized spacial score (nSPS) is 23.3. The highest BCUT2D eigenvalue weighted by molar-refractivity contribution is 9.11. The van der Waals surface area contributed by atoms with Gasteiger partial charge in [0.1, 0.15) is 12.4 Å². The molecule has 19 heavy (non-hydrogen) atoms. The predicted octanol–water partition coefficient (Wildman–Crippen LogP) is 4.76. The zero-order valence-corrected chi connectivity index (χ0v) is 14.5. The largest absolute Gasteiger partial charge is 0.490 e. The van der Waals surface area contributed by atoms with Crippen molar-refractivity contribution in [3.8, 4) is 5.75 Å². The van der Waals surface area contributed by atoms with Crippen molar-refractivity contribution < 1.29 is 4.74 Å². The minimum atomic E-state index is 0.683. The van der Waals surface area contributed by atoms with Crippen molar-refractivity contribution in [1.82, 2.24) is 5.32 Å². The van der Waals surface area contributed by atoms with Gasteiger partial charge in [0.25, 0.3) is 0 Å². The number of para-hydroxylation sites is 1. The maximum absolute atomic E-state index is 5.82. The Balaban J connectivity index is 1.69.